The number of nitrogens with zero attached hydrogens (tertiary/aromatic N) is 10. The molecule has 59 heteroatoms. The van der Waals surface area contributed by atoms with Gasteiger partial charge in [0.2, 0.25) is 41.1 Å². The SMILES string of the molecule is COP1(=O)OCC2OC3C(Cc4c(OC(=O)OC(C)(C)C)nc(N(C(=O)OC(C)(C)C)C(=O)OC(C)(C)C)nc4N3C(=O)OC(C)(C)C)C(O)(O)C2O1.COP1(=O)OCC2OC3C(Cc4c(nc(N(C(=O)OC(C)(C)C)C(=O)OC(C)(C)C)[nH]c4=O)N3C(=O)OC(C)(C)C)C(O)(O)C2O1.COP1(=O)OCC2OC3C(Cc4c(nc(NC(=O)OC(C)(C)C)n(C(=O)OC(C)(C)C)c4=O)N3C(=O)OC(C)(C)C)C(O)(O)C2O1. The van der Waals surface area contributed by atoms with Crippen molar-refractivity contribution >= 4 is 120 Å². The lowest BCUT2D eigenvalue weighted by Gasteiger charge is -2.54. The van der Waals surface area contributed by atoms with Crippen LogP contribution in [0, 0.1) is 17.8 Å². The van der Waals surface area contributed by atoms with E-state index in [2.05, 4.69) is 30.2 Å². The average Bonchev–Trinajstić information content (AvgIpc) is 0.719. The van der Waals surface area contributed by atoms with Gasteiger partial charge < -0.3 is 97.0 Å². The maximum absolute atomic E-state index is 14.1. The molecule has 8 N–H and O–H groups in total. The van der Waals surface area contributed by atoms with Crippen molar-refractivity contribution in [2.75, 3.05) is 71.0 Å². The van der Waals surface area contributed by atoms with Crippen molar-refractivity contribution in [1.29, 1.82) is 0 Å². The van der Waals surface area contributed by atoms with Crippen molar-refractivity contribution in [1.82, 2.24) is 29.5 Å². The molecule has 9 aliphatic heterocycles. The van der Waals surface area contributed by atoms with Crippen LogP contribution in [0.5, 0.6) is 5.88 Å². The number of amides is 8. The second kappa shape index (κ2) is 40.9. The average molecular weight is 2130 g/mol. The minimum atomic E-state index is -4.26. The smallest absolute Gasteiger partial charge is 0.444 e. The zero-order valence-electron chi connectivity index (χ0n) is 86.7. The van der Waals surface area contributed by atoms with Gasteiger partial charge in [0.25, 0.3) is 11.1 Å². The van der Waals surface area contributed by atoms with Gasteiger partial charge in [-0.25, -0.2) is 76.3 Å². The van der Waals surface area contributed by atoms with Crippen LogP contribution in [0.3, 0.4) is 0 Å². The summed E-state index contributed by atoms with van der Waals surface area (Å²) in [4.78, 5) is 185. The largest absolute Gasteiger partial charge is 0.515 e. The molecule has 0 aliphatic carbocycles. The summed E-state index contributed by atoms with van der Waals surface area (Å²) in [6, 6.07) is 0. The van der Waals surface area contributed by atoms with Gasteiger partial charge in [-0.1, -0.05) is 0 Å². The number of phosphoric acid groups is 3. The number of aromatic nitrogens is 6. The number of aliphatic hydroxyl groups is 6. The molecule has 814 valence electrons. The number of carbonyl (C=O) groups excluding carboxylic acids is 10. The van der Waals surface area contributed by atoms with E-state index in [1.165, 1.54) is 0 Å². The normalized spacial score (nSPS) is 26.7. The van der Waals surface area contributed by atoms with Crippen LogP contribution in [0.1, 0.15) is 224 Å². The third-order valence-electron chi connectivity index (χ3n) is 20.5. The topological polar surface area (TPSA) is 690 Å². The highest BCUT2D eigenvalue weighted by Crippen LogP contribution is 2.62. The van der Waals surface area contributed by atoms with E-state index in [9.17, 15) is 102 Å². The minimum Gasteiger partial charge on any atom is -0.444 e. The van der Waals surface area contributed by atoms with E-state index in [4.69, 9.17) is 107 Å². The Morgan fingerprint density at radius 2 is 0.683 bits per heavy atom. The number of anilines is 6. The fourth-order valence-corrected chi connectivity index (χ4v) is 18.6. The number of imide groups is 2. The molecule has 0 radical (unpaired) electrons. The predicted octanol–water partition coefficient (Wildman–Crippen LogP) is 10.8. The summed E-state index contributed by atoms with van der Waals surface area (Å²) >= 11 is 0. The Hall–Kier alpha value is -9.89. The first kappa shape index (κ1) is 117. The summed E-state index contributed by atoms with van der Waals surface area (Å²) in [5.41, 5.74) is -13.9. The van der Waals surface area contributed by atoms with Gasteiger partial charge in [-0.15, -0.1) is 9.80 Å². The molecule has 15 atom stereocenters. The van der Waals surface area contributed by atoms with Gasteiger partial charge in [0, 0.05) is 21.3 Å². The van der Waals surface area contributed by atoms with E-state index in [0.717, 1.165) is 36.0 Å². The highest BCUT2D eigenvalue weighted by Gasteiger charge is 2.69. The van der Waals surface area contributed by atoms with Crippen LogP contribution in [0.25, 0.3) is 0 Å². The summed E-state index contributed by atoms with van der Waals surface area (Å²) in [5.74, 6) is -17.4. The first-order chi connectivity index (χ1) is 65.6. The molecule has 9 aliphatic rings. The molecule has 12 heterocycles. The molecule has 0 saturated carbocycles. The predicted molar refractivity (Wildman–Crippen MR) is 495 cm³/mol. The Kier molecular flexibility index (Phi) is 33.0. The van der Waals surface area contributed by atoms with Crippen LogP contribution < -0.4 is 45.7 Å². The molecule has 12 rings (SSSR count). The van der Waals surface area contributed by atoms with Gasteiger partial charge in [0.1, 0.15) is 74.3 Å². The molecule has 3 aromatic rings. The molecule has 15 unspecified atom stereocenters. The van der Waals surface area contributed by atoms with E-state index in [-0.39, 0.29) is 16.7 Å². The van der Waals surface area contributed by atoms with Crippen LogP contribution in [0.4, 0.5) is 83.2 Å². The first-order valence-corrected chi connectivity index (χ1v) is 49.7. The van der Waals surface area contributed by atoms with E-state index in [1.807, 2.05) is 0 Å². The molecule has 0 aromatic carbocycles. The number of carbonyl (C=O) groups is 10. The standard InChI is InChI=1S/C32H49N4O16P.2C27H41N4O14P/c1-28(2,3)48-24(37)35-20-16(14-17-22(35)46-18-15-45-53(43,44-13)52-19(18)32(17,41)42)21(47-27(40)51-31(10,11)12)34-23(33-20)36(25(38)49-29(4,5)6)26(39)50-30(7,8)9;1-24(2,3)42-21(33)29-20-28-17-13(18(32)31(20)23(35)44-26(7,8)9)11-14-19(30(17)22(34)43-25(4,5)6)41-15-12-40-46(38,39-10)45-16(15)27(14,36)37;1-24(2,3)42-21(33)30-17-13(11-14-19(30)41-15-12-40-46(38,39-10)45-16(15)27(14,36)37)18(32)29-20(28-17)31(22(34)43-25(4,5)6)23(35)44-26(7,8)9/h17-19,22,41-42H,14-15H2,1-13H3;14-16,19,36-37H,11-12H2,1-10H3,(H,28,29,33);14-16,19,36-37H,11-12H2,1-10H3,(H,28,29,32). The Balaban J connectivity index is 0.000000224. The summed E-state index contributed by atoms with van der Waals surface area (Å²) in [6.07, 6.45) is -27.6. The van der Waals surface area contributed by atoms with E-state index >= 15 is 0 Å². The molecule has 0 spiro atoms. The number of aromatic amines is 1. The van der Waals surface area contributed by atoms with E-state index in [1.54, 1.807) is 208 Å². The third kappa shape index (κ3) is 27.8. The summed E-state index contributed by atoms with van der Waals surface area (Å²) in [6.45, 7) is 45.3. The lowest BCUT2D eigenvalue weighted by Crippen LogP contribution is -2.71. The van der Waals surface area contributed by atoms with E-state index < -0.39 is 322 Å². The monoisotopic (exact) mass is 2130 g/mol. The quantitative estimate of drug-likeness (QED) is 0.0471. The zero-order chi connectivity index (χ0) is 110. The van der Waals surface area contributed by atoms with Crippen molar-refractivity contribution in [3.05, 3.63) is 37.4 Å². The molecular weight excluding hydrogens is 2000 g/mol. The summed E-state index contributed by atoms with van der Waals surface area (Å²) < 4.78 is 163. The van der Waals surface area contributed by atoms with Gasteiger partial charge in [-0.3, -0.25) is 60.6 Å². The Bertz CT molecular complexity index is 5690. The minimum absolute atomic E-state index is 0.225. The zero-order valence-corrected chi connectivity index (χ0v) is 89.4. The second-order valence-corrected chi connectivity index (χ2v) is 49.5. The van der Waals surface area contributed by atoms with Crippen molar-refractivity contribution in [2.45, 2.75) is 356 Å². The van der Waals surface area contributed by atoms with Crippen LogP contribution in [0.2, 0.25) is 0 Å². The van der Waals surface area contributed by atoms with Gasteiger partial charge in [0.15, 0.2) is 54.4 Å². The van der Waals surface area contributed by atoms with Crippen molar-refractivity contribution in [3.8, 4) is 5.88 Å². The highest BCUT2D eigenvalue weighted by atomic mass is 31.2. The number of hydrogen-bond donors (Lipinski definition) is 8. The second-order valence-electron chi connectivity index (χ2n) is 44.3. The highest BCUT2D eigenvalue weighted by molar-refractivity contribution is 7.49. The molecular formula is C86H131N12O44P3. The van der Waals surface area contributed by atoms with Crippen molar-refractivity contribution in [3.63, 3.8) is 0 Å². The molecule has 0 bridgehead atoms. The van der Waals surface area contributed by atoms with Gasteiger partial charge in [-0.05, 0) is 227 Å². The lowest BCUT2D eigenvalue weighted by atomic mass is 9.79. The fourth-order valence-electron chi connectivity index (χ4n) is 15.1. The van der Waals surface area contributed by atoms with Crippen molar-refractivity contribution < 1.29 is 199 Å². The number of ether oxygens (including phenoxy) is 14. The lowest BCUT2D eigenvalue weighted by molar-refractivity contribution is -0.340. The fraction of sp³-hybridized carbons (Fsp3) is 0.744. The number of H-pyrrole nitrogens is 1. The molecule has 6 saturated heterocycles. The van der Waals surface area contributed by atoms with Gasteiger partial charge in [0.05, 0.1) is 54.3 Å². The number of phosphoric ester groups is 3. The maximum Gasteiger partial charge on any atom is 0.515 e. The molecule has 6 fully saturated rings. The maximum atomic E-state index is 14.1. The first-order valence-electron chi connectivity index (χ1n) is 45.3. The van der Waals surface area contributed by atoms with Gasteiger partial charge >= 0.3 is 84.5 Å². The third-order valence-corrected chi connectivity index (χ3v) is 24.7. The van der Waals surface area contributed by atoms with E-state index in [0.29, 0.717) is 14.4 Å². The summed E-state index contributed by atoms with van der Waals surface area (Å²) in [5, 5.41) is 71.5. The summed E-state index contributed by atoms with van der Waals surface area (Å²) in [7, 11) is -9.55. The van der Waals surface area contributed by atoms with Crippen LogP contribution in [-0.2, 0) is 135 Å². The number of rotatable bonds is 7. The number of nitrogens with one attached hydrogen (secondary N) is 2. The molecule has 8 amide bonds. The van der Waals surface area contributed by atoms with Crippen LogP contribution in [-0.4, -0.2) is 291 Å². The van der Waals surface area contributed by atoms with Crippen molar-refractivity contribution in [2.24, 2.45) is 17.8 Å². The molecule has 56 nitrogen and oxygen atoms in total. The number of hydrogen-bond acceptors (Lipinski definition) is 48. The van der Waals surface area contributed by atoms with Crippen LogP contribution in [0.15, 0.2) is 9.59 Å². The number of fused-ring (bicyclic) bond motifs is 9. The molecule has 145 heavy (non-hydrogen) atoms. The Morgan fingerprint density at radius 3 is 1.01 bits per heavy atom. The Morgan fingerprint density at radius 1 is 0.386 bits per heavy atom. The van der Waals surface area contributed by atoms with Crippen LogP contribution >= 0.6 is 23.5 Å². The van der Waals surface area contributed by atoms with Gasteiger partial charge in [-0.2, -0.15) is 24.5 Å². The molecule has 3 aromatic heterocycles. The Labute approximate surface area is 832 Å².